The van der Waals surface area contributed by atoms with E-state index in [1.807, 2.05) is 0 Å². The fraction of sp³-hybridized carbons (Fsp3) is 0.950. The molecule has 2 heteroatoms. The van der Waals surface area contributed by atoms with Crippen LogP contribution in [0.4, 0.5) is 0 Å². The van der Waals surface area contributed by atoms with E-state index in [1.54, 1.807) is 0 Å². The summed E-state index contributed by atoms with van der Waals surface area (Å²) in [7, 11) is 0. The van der Waals surface area contributed by atoms with Crippen LogP contribution in [-0.2, 0) is 4.79 Å². The molecule has 0 aromatic carbocycles. The van der Waals surface area contributed by atoms with Crippen LogP contribution in [0, 0.1) is 34.5 Å². The molecule has 4 aliphatic rings. The number of rotatable bonds is 0. The van der Waals surface area contributed by atoms with Crippen molar-refractivity contribution in [1.82, 2.24) is 0 Å². The molecule has 0 aliphatic heterocycles. The zero-order valence-electron chi connectivity index (χ0n) is 13.6. The highest BCUT2D eigenvalue weighted by molar-refractivity contribution is 5.83. The predicted octanol–water partition coefficient (Wildman–Crippen LogP) is 4.60. The lowest BCUT2D eigenvalue weighted by Crippen LogP contribution is -2.56. The van der Waals surface area contributed by atoms with Gasteiger partial charge in [-0.1, -0.05) is 34.1 Å². The molecule has 0 saturated heterocycles. The van der Waals surface area contributed by atoms with Gasteiger partial charge in [0.15, 0.2) is 0 Å². The van der Waals surface area contributed by atoms with Crippen molar-refractivity contribution in [3.05, 3.63) is 0 Å². The molecule has 7 atom stereocenters. The maximum absolute atomic E-state index is 12.8. The Morgan fingerprint density at radius 2 is 1.68 bits per heavy atom. The lowest BCUT2D eigenvalue weighted by atomic mass is 9.45. The van der Waals surface area contributed by atoms with Crippen LogP contribution in [0.15, 0.2) is 0 Å². The third-order valence-corrected chi connectivity index (χ3v) is 8.31. The zero-order chi connectivity index (χ0) is 14.8. The third-order valence-electron chi connectivity index (χ3n) is 8.31. The summed E-state index contributed by atoms with van der Waals surface area (Å²) in [6.45, 7) is 4.73. The molecule has 22 heavy (non-hydrogen) atoms. The van der Waals surface area contributed by atoms with Crippen molar-refractivity contribution in [2.75, 3.05) is 0 Å². The van der Waals surface area contributed by atoms with Crippen LogP contribution in [0.5, 0.6) is 0 Å². The highest BCUT2D eigenvalue weighted by atomic mass is 16.3. The molecule has 0 aromatic heterocycles. The fourth-order valence-electron chi connectivity index (χ4n) is 7.07. The molecule has 4 fully saturated rings. The fourth-order valence-corrected chi connectivity index (χ4v) is 7.07. The van der Waals surface area contributed by atoms with Crippen LogP contribution in [0.25, 0.3) is 0 Å². The molecule has 0 heterocycles. The van der Waals surface area contributed by atoms with E-state index in [4.69, 9.17) is 0 Å². The minimum atomic E-state index is -0.129. The van der Waals surface area contributed by atoms with E-state index in [2.05, 4.69) is 13.8 Å². The van der Waals surface area contributed by atoms with Gasteiger partial charge >= 0.3 is 0 Å². The van der Waals surface area contributed by atoms with Gasteiger partial charge in [-0.3, -0.25) is 4.79 Å². The Hall–Kier alpha value is -0.370. The molecule has 4 saturated carbocycles. The second-order valence-corrected chi connectivity index (χ2v) is 8.99. The molecule has 126 valence electrons. The smallest absolute Gasteiger partial charge is 0.136 e. The van der Waals surface area contributed by atoms with Crippen molar-refractivity contribution < 1.29 is 9.90 Å². The number of carbonyl (C=O) groups is 1. The SMILES string of the molecule is C.CC12CCC3C(CC(=O)C4CCCCC43C)C1CCC2O. The summed E-state index contributed by atoms with van der Waals surface area (Å²) in [5, 5.41) is 10.5. The van der Waals surface area contributed by atoms with Gasteiger partial charge in [-0.05, 0) is 67.1 Å². The molecule has 0 spiro atoms. The van der Waals surface area contributed by atoms with Crippen molar-refractivity contribution >= 4 is 5.78 Å². The van der Waals surface area contributed by atoms with Gasteiger partial charge in [0.05, 0.1) is 6.10 Å². The first kappa shape index (κ1) is 16.5. The second kappa shape index (κ2) is 5.33. The standard InChI is InChI=1S/C19H30O2.CH4/c1-18-9-4-3-5-15(18)16(20)11-12-13-6-7-17(21)19(13,2)10-8-14(12)18;/h12-15,17,21H,3-11H2,1-2H3;1H4. The van der Waals surface area contributed by atoms with Crippen LogP contribution in [0.2, 0.25) is 0 Å². The van der Waals surface area contributed by atoms with Crippen LogP contribution in [0.1, 0.15) is 79.1 Å². The van der Waals surface area contributed by atoms with E-state index in [9.17, 15) is 9.90 Å². The molecular weight excluding hydrogens is 272 g/mol. The molecule has 2 nitrogen and oxygen atoms in total. The van der Waals surface area contributed by atoms with E-state index in [1.165, 1.54) is 32.1 Å². The van der Waals surface area contributed by atoms with Gasteiger partial charge in [-0.25, -0.2) is 0 Å². The molecule has 7 unspecified atom stereocenters. The number of carbonyl (C=O) groups excluding carboxylic acids is 1. The lowest BCUT2D eigenvalue weighted by molar-refractivity contribution is -0.155. The quantitative estimate of drug-likeness (QED) is 0.710. The van der Waals surface area contributed by atoms with Gasteiger partial charge in [0.1, 0.15) is 5.78 Å². The van der Waals surface area contributed by atoms with E-state index in [0.717, 1.165) is 31.6 Å². The molecule has 0 aromatic rings. The number of fused-ring (bicyclic) bond motifs is 5. The zero-order valence-corrected chi connectivity index (χ0v) is 13.6. The van der Waals surface area contributed by atoms with Gasteiger partial charge in [-0.2, -0.15) is 0 Å². The summed E-state index contributed by atoms with van der Waals surface area (Å²) in [6, 6.07) is 0. The van der Waals surface area contributed by atoms with E-state index < -0.39 is 0 Å². The minimum Gasteiger partial charge on any atom is -0.393 e. The maximum atomic E-state index is 12.8. The first-order valence-electron chi connectivity index (χ1n) is 9.17. The van der Waals surface area contributed by atoms with Crippen LogP contribution in [-0.4, -0.2) is 17.0 Å². The first-order valence-corrected chi connectivity index (χ1v) is 9.17. The Morgan fingerprint density at radius 3 is 2.45 bits per heavy atom. The third kappa shape index (κ3) is 1.98. The van der Waals surface area contributed by atoms with Crippen LogP contribution in [0.3, 0.4) is 0 Å². The highest BCUT2D eigenvalue weighted by Crippen LogP contribution is 2.65. The molecule has 0 amide bonds. The van der Waals surface area contributed by atoms with Crippen molar-refractivity contribution in [3.8, 4) is 0 Å². The van der Waals surface area contributed by atoms with Crippen molar-refractivity contribution in [1.29, 1.82) is 0 Å². The number of aliphatic hydroxyl groups is 1. The largest absolute Gasteiger partial charge is 0.393 e. The van der Waals surface area contributed by atoms with Crippen LogP contribution >= 0.6 is 0 Å². The average Bonchev–Trinajstić information content (AvgIpc) is 2.75. The van der Waals surface area contributed by atoms with Gasteiger partial charge in [0, 0.05) is 12.3 Å². The molecule has 0 bridgehead atoms. The van der Waals surface area contributed by atoms with Gasteiger partial charge in [-0.15, -0.1) is 0 Å². The Labute approximate surface area is 136 Å². The molecule has 1 N–H and O–H groups in total. The van der Waals surface area contributed by atoms with Gasteiger partial charge < -0.3 is 5.11 Å². The molecule has 4 aliphatic carbocycles. The molecule has 4 rings (SSSR count). The summed E-state index contributed by atoms with van der Waals surface area (Å²) >= 11 is 0. The summed E-state index contributed by atoms with van der Waals surface area (Å²) in [4.78, 5) is 12.8. The normalized spacial score (nSPS) is 54.0. The molecule has 0 radical (unpaired) electrons. The van der Waals surface area contributed by atoms with Crippen LogP contribution < -0.4 is 0 Å². The average molecular weight is 306 g/mol. The molecular formula is C20H34O2. The van der Waals surface area contributed by atoms with E-state index in [-0.39, 0.29) is 24.4 Å². The Kier molecular flexibility index (Phi) is 3.99. The number of hydrogen-bond donors (Lipinski definition) is 1. The Morgan fingerprint density at radius 1 is 0.955 bits per heavy atom. The van der Waals surface area contributed by atoms with Gasteiger partial charge in [0.2, 0.25) is 0 Å². The number of Topliss-reactive ketones (excluding diaryl/α,β-unsaturated/α-hetero) is 1. The number of hydrogen-bond acceptors (Lipinski definition) is 2. The Bertz CT molecular complexity index is 459. The topological polar surface area (TPSA) is 37.3 Å². The number of aliphatic hydroxyl groups excluding tert-OH is 1. The monoisotopic (exact) mass is 306 g/mol. The van der Waals surface area contributed by atoms with Gasteiger partial charge in [0.25, 0.3) is 0 Å². The Balaban J connectivity index is 0.00000144. The van der Waals surface area contributed by atoms with Crippen molar-refractivity contribution in [3.63, 3.8) is 0 Å². The minimum absolute atomic E-state index is 0. The van der Waals surface area contributed by atoms with Crippen molar-refractivity contribution in [2.24, 2.45) is 34.5 Å². The summed E-state index contributed by atoms with van der Waals surface area (Å²) in [5.41, 5.74) is 0.367. The second-order valence-electron chi connectivity index (χ2n) is 8.99. The van der Waals surface area contributed by atoms with E-state index >= 15 is 0 Å². The highest BCUT2D eigenvalue weighted by Gasteiger charge is 2.61. The van der Waals surface area contributed by atoms with E-state index in [0.29, 0.717) is 23.5 Å². The first-order chi connectivity index (χ1) is 9.97. The number of ketones is 1. The summed E-state index contributed by atoms with van der Waals surface area (Å²) < 4.78 is 0. The summed E-state index contributed by atoms with van der Waals surface area (Å²) in [6.07, 6.45) is 10.2. The van der Waals surface area contributed by atoms with Crippen molar-refractivity contribution in [2.45, 2.75) is 85.2 Å². The predicted molar refractivity (Wildman–Crippen MR) is 89.5 cm³/mol. The lowest BCUT2D eigenvalue weighted by Gasteiger charge is -2.59. The maximum Gasteiger partial charge on any atom is 0.136 e. The summed E-state index contributed by atoms with van der Waals surface area (Å²) in [5.74, 6) is 2.80.